The Kier molecular flexibility index (Phi) is 4.48. The first kappa shape index (κ1) is 18.4. The predicted molar refractivity (Wildman–Crippen MR) is 100 cm³/mol. The molecule has 0 saturated heterocycles. The third-order valence-corrected chi connectivity index (χ3v) is 12.5. The molecule has 5 nitrogen and oxygen atoms in total. The largest absolute Gasteiger partial charge is 0.489 e. The van der Waals surface area contributed by atoms with Crippen LogP contribution in [0, 0.1) is 10.1 Å². The summed E-state index contributed by atoms with van der Waals surface area (Å²) in [5.41, 5.74) is 0.592. The Morgan fingerprint density at radius 2 is 1.75 bits per heavy atom. The summed E-state index contributed by atoms with van der Waals surface area (Å²) in [6.07, 6.45) is 1.64. The molecule has 0 fully saturated rings. The van der Waals surface area contributed by atoms with E-state index < -0.39 is 8.07 Å². The summed E-state index contributed by atoms with van der Waals surface area (Å²) in [5, 5.41) is 11.5. The molecule has 2 rings (SSSR count). The molecule has 130 valence electrons. The van der Waals surface area contributed by atoms with E-state index in [1.54, 1.807) is 24.4 Å². The molecule has 0 N–H and O–H groups in total. The molecule has 1 heterocycles. The second-order valence-corrected chi connectivity index (χ2v) is 14.2. The van der Waals surface area contributed by atoms with E-state index in [0.717, 1.165) is 0 Å². The minimum absolute atomic E-state index is 0.0515. The maximum absolute atomic E-state index is 11.2. The molecule has 0 spiro atoms. The zero-order chi connectivity index (χ0) is 18.3. The van der Waals surface area contributed by atoms with Crippen molar-refractivity contribution < 1.29 is 9.66 Å². The average Bonchev–Trinajstić information content (AvgIpc) is 2.45. The Hall–Kier alpha value is -1.95. The summed E-state index contributed by atoms with van der Waals surface area (Å²) < 4.78 is 6.42. The minimum atomic E-state index is -1.82. The molecule has 0 bridgehead atoms. The number of ether oxygens (including phenoxy) is 1. The van der Waals surface area contributed by atoms with Gasteiger partial charge in [0, 0.05) is 12.3 Å². The Labute approximate surface area is 144 Å². The van der Waals surface area contributed by atoms with Crippen molar-refractivity contribution in [2.45, 2.75) is 58.0 Å². The highest BCUT2D eigenvalue weighted by Gasteiger charge is 2.49. The lowest BCUT2D eigenvalue weighted by Gasteiger charge is -2.48. The van der Waals surface area contributed by atoms with Crippen LogP contribution >= 0.6 is 0 Å². The third kappa shape index (κ3) is 3.02. The second kappa shape index (κ2) is 5.84. The first-order valence-corrected chi connectivity index (χ1v) is 11.1. The number of aromatic nitrogens is 1. The van der Waals surface area contributed by atoms with Gasteiger partial charge in [-0.15, -0.1) is 0 Å². The lowest BCUT2D eigenvalue weighted by molar-refractivity contribution is -0.383. The fourth-order valence-corrected chi connectivity index (χ4v) is 4.85. The van der Waals surface area contributed by atoms with Crippen molar-refractivity contribution in [1.82, 2.24) is 4.98 Å². The quantitative estimate of drug-likeness (QED) is 0.425. The molecule has 0 unspecified atom stereocenters. The lowest BCUT2D eigenvalue weighted by Crippen LogP contribution is -2.59. The number of nitro groups is 1. The van der Waals surface area contributed by atoms with Gasteiger partial charge in [0.1, 0.15) is 19.3 Å². The van der Waals surface area contributed by atoms with Gasteiger partial charge in [0.25, 0.3) is 5.69 Å². The van der Waals surface area contributed by atoms with Gasteiger partial charge >= 0.3 is 0 Å². The summed E-state index contributed by atoms with van der Waals surface area (Å²) in [5.74, 6) is 0.603. The van der Waals surface area contributed by atoms with Gasteiger partial charge in [-0.05, 0) is 37.1 Å². The highest BCUT2D eigenvalue weighted by molar-refractivity contribution is 6.82. The maximum Gasteiger partial charge on any atom is 0.279 e. The van der Waals surface area contributed by atoms with E-state index in [4.69, 9.17) is 4.74 Å². The summed E-state index contributed by atoms with van der Waals surface area (Å²) in [7, 11) is -1.82. The molecule has 0 aliphatic heterocycles. The fourth-order valence-electron chi connectivity index (χ4n) is 2.68. The fraction of sp³-hybridized carbons (Fsp3) is 0.500. The molecular formula is C18H26N2O3Si. The van der Waals surface area contributed by atoms with Crippen LogP contribution in [0.15, 0.2) is 30.5 Å². The SMILES string of the molecule is CC(C)(C)[Si](C)(C)C(C)(C)Oc1ccc([N+](=O)[O-])c2cccnc12. The second-order valence-electron chi connectivity index (χ2n) is 8.23. The van der Waals surface area contributed by atoms with Crippen LogP contribution in [0.4, 0.5) is 5.69 Å². The van der Waals surface area contributed by atoms with Gasteiger partial charge in [-0.2, -0.15) is 0 Å². The number of pyridine rings is 1. The molecule has 1 aromatic heterocycles. The Bertz CT molecular complexity index is 779. The van der Waals surface area contributed by atoms with E-state index in [1.165, 1.54) is 6.07 Å². The van der Waals surface area contributed by atoms with Gasteiger partial charge in [-0.25, -0.2) is 0 Å². The Morgan fingerprint density at radius 3 is 2.29 bits per heavy atom. The maximum atomic E-state index is 11.2. The van der Waals surface area contributed by atoms with Crippen LogP contribution < -0.4 is 4.74 Å². The number of rotatable bonds is 4. The number of hydrogen-bond donors (Lipinski definition) is 0. The zero-order valence-corrected chi connectivity index (χ0v) is 16.5. The smallest absolute Gasteiger partial charge is 0.279 e. The number of benzene rings is 1. The van der Waals surface area contributed by atoms with Crippen molar-refractivity contribution in [3.05, 3.63) is 40.6 Å². The van der Waals surface area contributed by atoms with Crippen LogP contribution in [0.1, 0.15) is 34.6 Å². The van der Waals surface area contributed by atoms with E-state index in [2.05, 4.69) is 52.7 Å². The van der Waals surface area contributed by atoms with Gasteiger partial charge in [-0.3, -0.25) is 15.1 Å². The molecule has 6 heteroatoms. The highest BCUT2D eigenvalue weighted by Crippen LogP contribution is 2.45. The van der Waals surface area contributed by atoms with Gasteiger partial charge in [0.15, 0.2) is 0 Å². The number of nitro benzene ring substituents is 1. The molecule has 2 aromatic rings. The van der Waals surface area contributed by atoms with Crippen molar-refractivity contribution in [3.63, 3.8) is 0 Å². The van der Waals surface area contributed by atoms with Crippen molar-refractivity contribution in [2.75, 3.05) is 0 Å². The molecular weight excluding hydrogens is 320 g/mol. The monoisotopic (exact) mass is 346 g/mol. The van der Waals surface area contributed by atoms with Crippen LogP contribution in [0.2, 0.25) is 18.1 Å². The number of fused-ring (bicyclic) bond motifs is 1. The minimum Gasteiger partial charge on any atom is -0.489 e. The summed E-state index contributed by atoms with van der Waals surface area (Å²) in [6, 6.07) is 6.59. The first-order valence-electron chi connectivity index (χ1n) is 8.09. The van der Waals surface area contributed by atoms with Crippen LogP contribution in [-0.2, 0) is 0 Å². The van der Waals surface area contributed by atoms with Crippen molar-refractivity contribution in [2.24, 2.45) is 0 Å². The highest BCUT2D eigenvalue weighted by atomic mass is 28.3. The van der Waals surface area contributed by atoms with Gasteiger partial charge in [0.2, 0.25) is 0 Å². The molecule has 0 atom stereocenters. The van der Waals surface area contributed by atoms with Crippen molar-refractivity contribution in [1.29, 1.82) is 0 Å². The van der Waals surface area contributed by atoms with Crippen LogP contribution in [0.3, 0.4) is 0 Å². The summed E-state index contributed by atoms with van der Waals surface area (Å²) >= 11 is 0. The van der Waals surface area contributed by atoms with Gasteiger partial charge in [-0.1, -0.05) is 33.9 Å². The van der Waals surface area contributed by atoms with E-state index in [1.807, 2.05) is 0 Å². The van der Waals surface area contributed by atoms with Crippen molar-refractivity contribution >= 4 is 24.7 Å². The van der Waals surface area contributed by atoms with Crippen LogP contribution in [0.5, 0.6) is 5.75 Å². The molecule has 24 heavy (non-hydrogen) atoms. The standard InChI is InChI=1S/C18H26N2O3Si/c1-17(2,3)24(6,7)18(4,5)23-15-11-10-14(20(21)22)13-9-8-12-19-16(13)15/h8-12H,1-7H3. The van der Waals surface area contributed by atoms with Gasteiger partial charge in [0.05, 0.1) is 15.5 Å². The molecule has 0 saturated carbocycles. The molecule has 0 amide bonds. The van der Waals surface area contributed by atoms with E-state index >= 15 is 0 Å². The number of nitrogens with zero attached hydrogens (tertiary/aromatic N) is 2. The molecule has 0 aliphatic rings. The topological polar surface area (TPSA) is 65.3 Å². The van der Waals surface area contributed by atoms with E-state index in [0.29, 0.717) is 16.7 Å². The summed E-state index contributed by atoms with van der Waals surface area (Å²) in [6.45, 7) is 15.6. The van der Waals surface area contributed by atoms with Crippen molar-refractivity contribution in [3.8, 4) is 5.75 Å². The van der Waals surface area contributed by atoms with E-state index in [-0.39, 0.29) is 20.9 Å². The first-order chi connectivity index (χ1) is 10.9. The molecule has 0 radical (unpaired) electrons. The lowest BCUT2D eigenvalue weighted by atomic mass is 10.1. The predicted octanol–water partition coefficient (Wildman–Crippen LogP) is 5.35. The third-order valence-electron chi connectivity index (χ3n) is 5.65. The zero-order valence-electron chi connectivity index (χ0n) is 15.5. The Morgan fingerprint density at radius 1 is 1.12 bits per heavy atom. The molecule has 1 aromatic carbocycles. The molecule has 0 aliphatic carbocycles. The number of non-ortho nitro benzene ring substituents is 1. The van der Waals surface area contributed by atoms with Gasteiger partial charge < -0.3 is 4.74 Å². The average molecular weight is 347 g/mol. The van der Waals surface area contributed by atoms with Crippen LogP contribution in [0.25, 0.3) is 10.9 Å². The van der Waals surface area contributed by atoms with Crippen LogP contribution in [-0.4, -0.2) is 23.2 Å². The number of hydrogen-bond acceptors (Lipinski definition) is 4. The summed E-state index contributed by atoms with van der Waals surface area (Å²) in [4.78, 5) is 15.2. The normalized spacial score (nSPS) is 13.1. The Balaban J connectivity index is 2.55. The van der Waals surface area contributed by atoms with E-state index in [9.17, 15) is 10.1 Å².